The van der Waals surface area contributed by atoms with Crippen LogP contribution < -0.4 is 5.32 Å². The Morgan fingerprint density at radius 2 is 1.75 bits per heavy atom. The van der Waals surface area contributed by atoms with E-state index in [0.29, 0.717) is 6.42 Å². The lowest BCUT2D eigenvalue weighted by atomic mass is 9.91. The summed E-state index contributed by atoms with van der Waals surface area (Å²) in [5.41, 5.74) is -2.01. The van der Waals surface area contributed by atoms with Crippen molar-refractivity contribution >= 4 is 9.84 Å². The van der Waals surface area contributed by atoms with Crippen molar-refractivity contribution in [1.82, 2.24) is 5.32 Å². The first-order chi connectivity index (χ1) is 7.22. The monoisotopic (exact) mass is 259 g/mol. The number of hydrogen-bond donors (Lipinski definition) is 1. The standard InChI is InChI=1S/C9H16F3NO2S/c1-2-5-13-8(9(10,11)12)3-6-16(14,15)7-4-8/h13H,2-7H2,1H3. The van der Waals surface area contributed by atoms with Crippen LogP contribution in [0.3, 0.4) is 0 Å². The molecule has 0 aromatic rings. The second-order valence-corrected chi connectivity index (χ2v) is 6.46. The van der Waals surface area contributed by atoms with Gasteiger partial charge in [-0.15, -0.1) is 0 Å². The minimum atomic E-state index is -4.39. The second-order valence-electron chi connectivity index (χ2n) is 4.16. The smallest absolute Gasteiger partial charge is 0.304 e. The van der Waals surface area contributed by atoms with Gasteiger partial charge in [0.15, 0.2) is 0 Å². The van der Waals surface area contributed by atoms with E-state index < -0.39 is 21.6 Å². The lowest BCUT2D eigenvalue weighted by Crippen LogP contribution is -2.60. The average molecular weight is 259 g/mol. The number of hydrogen-bond acceptors (Lipinski definition) is 3. The van der Waals surface area contributed by atoms with Crippen LogP contribution in [0.15, 0.2) is 0 Å². The maximum atomic E-state index is 12.9. The van der Waals surface area contributed by atoms with Crippen molar-refractivity contribution in [3.63, 3.8) is 0 Å². The van der Waals surface area contributed by atoms with Gasteiger partial charge in [-0.05, 0) is 25.8 Å². The molecule has 1 heterocycles. The van der Waals surface area contributed by atoms with Gasteiger partial charge in [-0.1, -0.05) is 6.92 Å². The predicted molar refractivity (Wildman–Crippen MR) is 55.0 cm³/mol. The summed E-state index contributed by atoms with van der Waals surface area (Å²) in [5.74, 6) is -0.771. The average Bonchev–Trinajstić information content (AvgIpc) is 2.15. The molecule has 0 saturated carbocycles. The first-order valence-electron chi connectivity index (χ1n) is 5.25. The summed E-state index contributed by atoms with van der Waals surface area (Å²) >= 11 is 0. The number of nitrogens with one attached hydrogen (secondary N) is 1. The molecule has 7 heteroatoms. The summed E-state index contributed by atoms with van der Waals surface area (Å²) in [7, 11) is -3.28. The van der Waals surface area contributed by atoms with E-state index in [1.807, 2.05) is 0 Å². The minimum Gasteiger partial charge on any atom is -0.304 e. The Kier molecular flexibility index (Phi) is 3.89. The Morgan fingerprint density at radius 1 is 1.25 bits per heavy atom. The summed E-state index contributed by atoms with van der Waals surface area (Å²) in [6, 6.07) is 0. The van der Waals surface area contributed by atoms with E-state index in [1.54, 1.807) is 6.92 Å². The van der Waals surface area contributed by atoms with Crippen molar-refractivity contribution in [2.45, 2.75) is 37.9 Å². The van der Waals surface area contributed by atoms with E-state index in [4.69, 9.17) is 0 Å². The van der Waals surface area contributed by atoms with Crippen LogP contribution in [0.4, 0.5) is 13.2 Å². The first-order valence-corrected chi connectivity index (χ1v) is 7.07. The Bertz CT molecular complexity index is 323. The molecular weight excluding hydrogens is 243 g/mol. The van der Waals surface area contributed by atoms with Crippen LogP contribution in [0, 0.1) is 0 Å². The molecule has 0 aliphatic carbocycles. The summed E-state index contributed by atoms with van der Waals surface area (Å²) < 4.78 is 61.0. The van der Waals surface area contributed by atoms with Crippen molar-refractivity contribution in [2.75, 3.05) is 18.1 Å². The molecule has 0 bridgehead atoms. The third-order valence-corrected chi connectivity index (χ3v) is 4.59. The van der Waals surface area contributed by atoms with Gasteiger partial charge in [0.1, 0.15) is 15.4 Å². The molecule has 1 saturated heterocycles. The van der Waals surface area contributed by atoms with Crippen molar-refractivity contribution in [3.05, 3.63) is 0 Å². The number of sulfone groups is 1. The third-order valence-electron chi connectivity index (χ3n) is 2.94. The number of rotatable bonds is 3. The predicted octanol–water partition coefficient (Wildman–Crippen LogP) is 1.50. The van der Waals surface area contributed by atoms with Crippen molar-refractivity contribution in [2.24, 2.45) is 0 Å². The molecule has 0 amide bonds. The Labute approximate surface area is 93.3 Å². The highest BCUT2D eigenvalue weighted by Gasteiger charge is 2.56. The van der Waals surface area contributed by atoms with Crippen LogP contribution in [-0.2, 0) is 9.84 Å². The Balaban J connectivity index is 2.83. The lowest BCUT2D eigenvalue weighted by Gasteiger charge is -2.39. The fourth-order valence-electron chi connectivity index (χ4n) is 1.81. The fourth-order valence-corrected chi connectivity index (χ4v) is 3.33. The summed E-state index contributed by atoms with van der Waals surface area (Å²) in [6.07, 6.45) is -4.56. The largest absolute Gasteiger partial charge is 0.406 e. The van der Waals surface area contributed by atoms with E-state index in [1.165, 1.54) is 0 Å². The topological polar surface area (TPSA) is 46.2 Å². The van der Waals surface area contributed by atoms with E-state index >= 15 is 0 Å². The molecule has 3 nitrogen and oxygen atoms in total. The first kappa shape index (κ1) is 13.8. The summed E-state index contributed by atoms with van der Waals surface area (Å²) in [5, 5.41) is 2.47. The van der Waals surface area contributed by atoms with Crippen LogP contribution in [0.2, 0.25) is 0 Å². The highest BCUT2D eigenvalue weighted by molar-refractivity contribution is 7.91. The van der Waals surface area contributed by atoms with Crippen molar-refractivity contribution in [3.8, 4) is 0 Å². The molecule has 0 spiro atoms. The third kappa shape index (κ3) is 2.88. The molecule has 0 aromatic carbocycles. The van der Waals surface area contributed by atoms with Gasteiger partial charge in [-0.25, -0.2) is 8.42 Å². The molecule has 0 unspecified atom stereocenters. The Morgan fingerprint density at radius 3 is 2.12 bits per heavy atom. The molecule has 96 valence electrons. The van der Waals surface area contributed by atoms with E-state index in [2.05, 4.69) is 5.32 Å². The molecule has 1 N–H and O–H groups in total. The van der Waals surface area contributed by atoms with Crippen LogP contribution in [0.1, 0.15) is 26.2 Å². The van der Waals surface area contributed by atoms with E-state index in [0.717, 1.165) is 0 Å². The molecule has 1 fully saturated rings. The molecule has 1 aliphatic heterocycles. The number of alkyl halides is 3. The van der Waals surface area contributed by atoms with Crippen LogP contribution in [-0.4, -0.2) is 38.2 Å². The van der Waals surface area contributed by atoms with Crippen molar-refractivity contribution in [1.29, 1.82) is 0 Å². The van der Waals surface area contributed by atoms with Gasteiger partial charge in [0.25, 0.3) is 0 Å². The lowest BCUT2D eigenvalue weighted by molar-refractivity contribution is -0.199. The minimum absolute atomic E-state index is 0.250. The van der Waals surface area contributed by atoms with Gasteiger partial charge in [-0.2, -0.15) is 13.2 Å². The van der Waals surface area contributed by atoms with Gasteiger partial charge in [0, 0.05) is 0 Å². The maximum Gasteiger partial charge on any atom is 0.406 e. The SMILES string of the molecule is CCCNC1(C(F)(F)F)CCS(=O)(=O)CC1. The maximum absolute atomic E-state index is 12.9. The van der Waals surface area contributed by atoms with Gasteiger partial charge < -0.3 is 5.32 Å². The van der Waals surface area contributed by atoms with Gasteiger partial charge in [0.2, 0.25) is 0 Å². The van der Waals surface area contributed by atoms with Crippen LogP contribution >= 0.6 is 0 Å². The van der Waals surface area contributed by atoms with Crippen LogP contribution in [0.5, 0.6) is 0 Å². The zero-order valence-corrected chi connectivity index (χ0v) is 9.92. The molecule has 0 radical (unpaired) electrons. The highest BCUT2D eigenvalue weighted by atomic mass is 32.2. The van der Waals surface area contributed by atoms with Crippen molar-refractivity contribution < 1.29 is 21.6 Å². The summed E-state index contributed by atoms with van der Waals surface area (Å²) in [4.78, 5) is 0. The van der Waals surface area contributed by atoms with Gasteiger partial charge in [-0.3, -0.25) is 0 Å². The molecule has 1 aliphatic rings. The molecule has 0 atom stereocenters. The van der Waals surface area contributed by atoms with Gasteiger partial charge >= 0.3 is 6.18 Å². The molecular formula is C9H16F3NO2S. The molecule has 16 heavy (non-hydrogen) atoms. The zero-order chi connectivity index (χ0) is 12.4. The second kappa shape index (κ2) is 4.52. The Hall–Kier alpha value is -0.300. The van der Waals surface area contributed by atoms with Gasteiger partial charge in [0.05, 0.1) is 11.5 Å². The summed E-state index contributed by atoms with van der Waals surface area (Å²) in [6.45, 7) is 2.02. The van der Waals surface area contributed by atoms with Crippen LogP contribution in [0.25, 0.3) is 0 Å². The van der Waals surface area contributed by atoms with E-state index in [-0.39, 0.29) is 30.9 Å². The highest BCUT2D eigenvalue weighted by Crippen LogP contribution is 2.39. The molecule has 1 rings (SSSR count). The zero-order valence-electron chi connectivity index (χ0n) is 9.10. The fraction of sp³-hybridized carbons (Fsp3) is 1.00. The molecule has 0 aromatic heterocycles. The number of halogens is 3. The quantitative estimate of drug-likeness (QED) is 0.835. The normalized spacial score (nSPS) is 24.2. The van der Waals surface area contributed by atoms with E-state index in [9.17, 15) is 21.6 Å².